The summed E-state index contributed by atoms with van der Waals surface area (Å²) >= 11 is 0. The molecule has 1 aromatic rings. The fourth-order valence-corrected chi connectivity index (χ4v) is 2.46. The number of hydrogen-bond donors (Lipinski definition) is 1. The second-order valence-electron chi connectivity index (χ2n) is 5.47. The van der Waals surface area contributed by atoms with Crippen LogP contribution in [0.3, 0.4) is 0 Å². The Hall–Kier alpha value is -1.39. The van der Waals surface area contributed by atoms with E-state index in [-0.39, 0.29) is 6.10 Å². The maximum absolute atomic E-state index is 10.3. The summed E-state index contributed by atoms with van der Waals surface area (Å²) in [5, 5.41) is 10.3. The SMILES string of the molecule is COC1C(C)=CN(c2cc(CC(C)C)ccn2)C1O. The van der Waals surface area contributed by atoms with Gasteiger partial charge in [0.2, 0.25) is 0 Å². The molecule has 0 aromatic carbocycles. The van der Waals surface area contributed by atoms with Crippen LogP contribution >= 0.6 is 0 Å². The number of rotatable bonds is 4. The second-order valence-corrected chi connectivity index (χ2v) is 5.47. The van der Waals surface area contributed by atoms with Crippen LogP contribution in [-0.2, 0) is 11.2 Å². The van der Waals surface area contributed by atoms with E-state index in [4.69, 9.17) is 4.74 Å². The van der Waals surface area contributed by atoms with Crippen molar-refractivity contribution < 1.29 is 9.84 Å². The van der Waals surface area contributed by atoms with Crippen molar-refractivity contribution in [1.29, 1.82) is 0 Å². The van der Waals surface area contributed by atoms with E-state index in [9.17, 15) is 5.11 Å². The van der Waals surface area contributed by atoms with E-state index in [1.165, 1.54) is 5.56 Å². The molecule has 1 N–H and O–H groups in total. The monoisotopic (exact) mass is 262 g/mol. The lowest BCUT2D eigenvalue weighted by Gasteiger charge is -2.24. The molecular weight excluding hydrogens is 240 g/mol. The maximum Gasteiger partial charge on any atom is 0.162 e. The van der Waals surface area contributed by atoms with Crippen molar-refractivity contribution in [3.63, 3.8) is 0 Å². The van der Waals surface area contributed by atoms with Crippen LogP contribution in [0.4, 0.5) is 5.82 Å². The van der Waals surface area contributed by atoms with Gasteiger partial charge in [0.1, 0.15) is 11.9 Å². The number of aliphatic hydroxyl groups excluding tert-OH is 1. The van der Waals surface area contributed by atoms with Gasteiger partial charge in [0.15, 0.2) is 6.23 Å². The zero-order valence-corrected chi connectivity index (χ0v) is 12.0. The molecule has 4 heteroatoms. The van der Waals surface area contributed by atoms with E-state index in [0.717, 1.165) is 17.8 Å². The summed E-state index contributed by atoms with van der Waals surface area (Å²) in [6.45, 7) is 6.33. The summed E-state index contributed by atoms with van der Waals surface area (Å²) in [7, 11) is 1.61. The van der Waals surface area contributed by atoms with Gasteiger partial charge in [-0.1, -0.05) is 13.8 Å². The molecule has 0 aliphatic carbocycles. The Labute approximate surface area is 114 Å². The molecule has 4 nitrogen and oxygen atoms in total. The highest BCUT2D eigenvalue weighted by molar-refractivity contribution is 5.49. The predicted octanol–water partition coefficient (Wildman–Crippen LogP) is 2.34. The van der Waals surface area contributed by atoms with Crippen molar-refractivity contribution in [3.8, 4) is 0 Å². The zero-order chi connectivity index (χ0) is 14.0. The number of aromatic nitrogens is 1. The molecule has 0 bridgehead atoms. The Morgan fingerprint density at radius 2 is 2.21 bits per heavy atom. The molecule has 0 amide bonds. The van der Waals surface area contributed by atoms with E-state index in [1.54, 1.807) is 18.2 Å². The summed E-state index contributed by atoms with van der Waals surface area (Å²) in [5.41, 5.74) is 2.24. The lowest BCUT2D eigenvalue weighted by molar-refractivity contribution is 0.0231. The maximum atomic E-state index is 10.3. The van der Waals surface area contributed by atoms with Crippen LogP contribution < -0.4 is 4.90 Å². The molecule has 0 saturated carbocycles. The quantitative estimate of drug-likeness (QED) is 0.904. The fourth-order valence-electron chi connectivity index (χ4n) is 2.46. The lowest BCUT2D eigenvalue weighted by atomic mass is 10.0. The van der Waals surface area contributed by atoms with Crippen LogP contribution in [-0.4, -0.2) is 29.5 Å². The van der Waals surface area contributed by atoms with E-state index >= 15 is 0 Å². The largest absolute Gasteiger partial charge is 0.372 e. The first-order valence-corrected chi connectivity index (χ1v) is 6.65. The zero-order valence-electron chi connectivity index (χ0n) is 12.0. The van der Waals surface area contributed by atoms with E-state index in [2.05, 4.69) is 18.8 Å². The minimum absolute atomic E-state index is 0.282. The molecule has 104 valence electrons. The first-order valence-electron chi connectivity index (χ1n) is 6.65. The van der Waals surface area contributed by atoms with Crippen molar-refractivity contribution in [3.05, 3.63) is 35.7 Å². The Morgan fingerprint density at radius 3 is 2.79 bits per heavy atom. The molecule has 0 spiro atoms. The number of methoxy groups -OCH3 is 1. The minimum atomic E-state index is -0.702. The lowest BCUT2D eigenvalue weighted by Crippen LogP contribution is -2.36. The van der Waals surface area contributed by atoms with E-state index in [0.29, 0.717) is 5.92 Å². The summed E-state index contributed by atoms with van der Waals surface area (Å²) in [6.07, 6.45) is 3.72. The van der Waals surface area contributed by atoms with E-state index < -0.39 is 6.23 Å². The third-order valence-corrected chi connectivity index (χ3v) is 3.32. The molecule has 1 aliphatic rings. The van der Waals surface area contributed by atoms with Crippen LogP contribution in [0.25, 0.3) is 0 Å². The van der Waals surface area contributed by atoms with Crippen LogP contribution in [0.15, 0.2) is 30.1 Å². The normalized spacial score (nSPS) is 23.1. The molecule has 0 fully saturated rings. The highest BCUT2D eigenvalue weighted by atomic mass is 16.5. The van der Waals surface area contributed by atoms with Gasteiger partial charge in [-0.25, -0.2) is 4.98 Å². The first-order chi connectivity index (χ1) is 9.02. The van der Waals surface area contributed by atoms with Crippen molar-refractivity contribution in [2.24, 2.45) is 5.92 Å². The van der Waals surface area contributed by atoms with Gasteiger partial charge in [-0.05, 0) is 42.5 Å². The number of hydrogen-bond acceptors (Lipinski definition) is 4. The van der Waals surface area contributed by atoms with Crippen molar-refractivity contribution in [2.45, 2.75) is 39.5 Å². The number of ether oxygens (including phenoxy) is 1. The van der Waals surface area contributed by atoms with Crippen molar-refractivity contribution >= 4 is 5.82 Å². The van der Waals surface area contributed by atoms with Crippen LogP contribution in [0, 0.1) is 5.92 Å². The standard InChI is InChI=1S/C15H22N2O2/c1-10(2)7-12-5-6-16-13(8-12)17-9-11(3)14(19-4)15(17)18/h5-6,8-10,14-15,18H,7H2,1-4H3. The average molecular weight is 262 g/mol. The molecule has 1 aromatic heterocycles. The van der Waals surface area contributed by atoms with Gasteiger partial charge in [-0.3, -0.25) is 0 Å². The molecular formula is C15H22N2O2. The third kappa shape index (κ3) is 2.96. The van der Waals surface area contributed by atoms with Gasteiger partial charge in [-0.2, -0.15) is 0 Å². The van der Waals surface area contributed by atoms with Gasteiger partial charge >= 0.3 is 0 Å². The molecule has 0 saturated heterocycles. The van der Waals surface area contributed by atoms with Crippen LogP contribution in [0.1, 0.15) is 26.3 Å². The molecule has 0 radical (unpaired) electrons. The second kappa shape index (κ2) is 5.72. The highest BCUT2D eigenvalue weighted by Gasteiger charge is 2.33. The minimum Gasteiger partial charge on any atom is -0.372 e. The highest BCUT2D eigenvalue weighted by Crippen LogP contribution is 2.28. The van der Waals surface area contributed by atoms with Gasteiger partial charge in [0, 0.05) is 19.5 Å². The van der Waals surface area contributed by atoms with E-state index in [1.807, 2.05) is 25.3 Å². The molecule has 2 heterocycles. The average Bonchev–Trinajstić information content (AvgIpc) is 2.64. The topological polar surface area (TPSA) is 45.6 Å². The molecule has 2 unspecified atom stereocenters. The molecule has 1 aliphatic heterocycles. The van der Waals surface area contributed by atoms with Crippen molar-refractivity contribution in [2.75, 3.05) is 12.0 Å². The Balaban J connectivity index is 2.23. The summed E-state index contributed by atoms with van der Waals surface area (Å²) < 4.78 is 5.29. The number of nitrogens with zero attached hydrogens (tertiary/aromatic N) is 2. The smallest absolute Gasteiger partial charge is 0.162 e. The molecule has 2 atom stereocenters. The van der Waals surface area contributed by atoms with Gasteiger partial charge in [0.05, 0.1) is 0 Å². The Kier molecular flexibility index (Phi) is 4.22. The summed E-state index contributed by atoms with van der Waals surface area (Å²) in [5.74, 6) is 1.37. The first kappa shape index (κ1) is 14.0. The third-order valence-electron chi connectivity index (χ3n) is 3.32. The Bertz CT molecular complexity index is 471. The Morgan fingerprint density at radius 1 is 1.47 bits per heavy atom. The van der Waals surface area contributed by atoms with Crippen LogP contribution in [0.2, 0.25) is 0 Å². The summed E-state index contributed by atoms with van der Waals surface area (Å²) in [6, 6.07) is 4.06. The van der Waals surface area contributed by atoms with Crippen LogP contribution in [0.5, 0.6) is 0 Å². The van der Waals surface area contributed by atoms with Gasteiger partial charge in [-0.15, -0.1) is 0 Å². The number of aliphatic hydroxyl groups is 1. The van der Waals surface area contributed by atoms with Crippen molar-refractivity contribution in [1.82, 2.24) is 4.98 Å². The summed E-state index contributed by atoms with van der Waals surface area (Å²) in [4.78, 5) is 6.12. The van der Waals surface area contributed by atoms with Gasteiger partial charge < -0.3 is 14.7 Å². The van der Waals surface area contributed by atoms with Gasteiger partial charge in [0.25, 0.3) is 0 Å². The number of anilines is 1. The predicted molar refractivity (Wildman–Crippen MR) is 75.8 cm³/mol. The molecule has 19 heavy (non-hydrogen) atoms. The molecule has 2 rings (SSSR count). The fraction of sp³-hybridized carbons (Fsp3) is 0.533. The number of pyridine rings is 1.